The maximum absolute atomic E-state index is 11.1. The Kier molecular flexibility index (Phi) is 3.71. The average molecular weight is 279 g/mol. The lowest BCUT2D eigenvalue weighted by atomic mass is 10.2. The van der Waals surface area contributed by atoms with Crippen molar-refractivity contribution in [1.29, 1.82) is 0 Å². The zero-order valence-corrected chi connectivity index (χ0v) is 11.1. The summed E-state index contributed by atoms with van der Waals surface area (Å²) in [4.78, 5) is 15.7. The van der Waals surface area contributed by atoms with Crippen LogP contribution in [0.2, 0.25) is 0 Å². The Morgan fingerprint density at radius 3 is 2.63 bits per heavy atom. The molecule has 0 aliphatic rings. The van der Waals surface area contributed by atoms with Crippen molar-refractivity contribution >= 4 is 17.3 Å². The zero-order valence-electron chi connectivity index (χ0n) is 10.3. The van der Waals surface area contributed by atoms with Crippen LogP contribution in [0, 0.1) is 0 Å². The highest BCUT2D eigenvalue weighted by atomic mass is 32.1. The molecule has 6 heteroatoms. The van der Waals surface area contributed by atoms with E-state index < -0.39 is 5.97 Å². The Morgan fingerprint density at radius 2 is 2.05 bits per heavy atom. The minimum absolute atomic E-state index is 0.215. The van der Waals surface area contributed by atoms with Crippen molar-refractivity contribution in [2.24, 2.45) is 0 Å². The van der Waals surface area contributed by atoms with E-state index in [-0.39, 0.29) is 16.4 Å². The van der Waals surface area contributed by atoms with Crippen molar-refractivity contribution in [3.63, 3.8) is 0 Å². The Labute approximate surface area is 113 Å². The van der Waals surface area contributed by atoms with Gasteiger partial charge in [-0.3, -0.25) is 0 Å². The Hall–Kier alpha value is -2.08. The van der Waals surface area contributed by atoms with Crippen LogP contribution in [0.1, 0.15) is 28.7 Å². The average Bonchev–Trinajstić information content (AvgIpc) is 2.77. The minimum Gasteiger partial charge on any atom is -0.504 e. The number of hydrogen-bond acceptors (Lipinski definition) is 5. The molecule has 1 heterocycles. The summed E-state index contributed by atoms with van der Waals surface area (Å²) in [5.74, 6) is -1.45. The van der Waals surface area contributed by atoms with E-state index in [0.29, 0.717) is 22.7 Å². The second kappa shape index (κ2) is 5.27. The van der Waals surface area contributed by atoms with Crippen molar-refractivity contribution in [2.75, 3.05) is 0 Å². The number of aromatic carboxylic acids is 1. The topological polar surface area (TPSA) is 90.7 Å². The van der Waals surface area contributed by atoms with Crippen molar-refractivity contribution < 1.29 is 20.1 Å². The number of carboxylic acid groups (broad SMARTS) is 1. The Morgan fingerprint density at radius 1 is 1.32 bits per heavy atom. The molecule has 100 valence electrons. The van der Waals surface area contributed by atoms with Gasteiger partial charge in [0.2, 0.25) is 0 Å². The Bertz CT molecular complexity index is 621. The van der Waals surface area contributed by atoms with Gasteiger partial charge in [-0.25, -0.2) is 9.78 Å². The lowest BCUT2D eigenvalue weighted by molar-refractivity contribution is 0.0700. The predicted molar refractivity (Wildman–Crippen MR) is 71.8 cm³/mol. The second-order valence-electron chi connectivity index (χ2n) is 4.05. The standard InChI is InChI=1S/C13H13NO4S/c1-2-3-8-11(13(17)18)19-12(14-8)7-4-5-9(15)10(16)6-7/h4-6,15-16H,2-3H2,1H3,(H,17,18). The molecule has 3 N–H and O–H groups in total. The smallest absolute Gasteiger partial charge is 0.347 e. The van der Waals surface area contributed by atoms with Gasteiger partial charge in [0, 0.05) is 5.56 Å². The van der Waals surface area contributed by atoms with Gasteiger partial charge in [0.25, 0.3) is 0 Å². The SMILES string of the molecule is CCCc1nc(-c2ccc(O)c(O)c2)sc1C(=O)O. The van der Waals surface area contributed by atoms with Crippen LogP contribution in [0.3, 0.4) is 0 Å². The summed E-state index contributed by atoms with van der Waals surface area (Å²) in [6.45, 7) is 1.96. The highest BCUT2D eigenvalue weighted by Crippen LogP contribution is 2.34. The molecular weight excluding hydrogens is 266 g/mol. The normalized spacial score (nSPS) is 10.6. The number of aryl methyl sites for hydroxylation is 1. The number of phenolic OH excluding ortho intramolecular Hbond substituents is 2. The molecule has 5 nitrogen and oxygen atoms in total. The number of nitrogens with zero attached hydrogens (tertiary/aromatic N) is 1. The number of aromatic nitrogens is 1. The molecule has 1 aromatic heterocycles. The number of phenols is 2. The fourth-order valence-electron chi connectivity index (χ4n) is 1.71. The molecular formula is C13H13NO4S. The van der Waals surface area contributed by atoms with Gasteiger partial charge in [-0.2, -0.15) is 0 Å². The maximum Gasteiger partial charge on any atom is 0.347 e. The summed E-state index contributed by atoms with van der Waals surface area (Å²) >= 11 is 1.07. The van der Waals surface area contributed by atoms with Crippen LogP contribution in [-0.2, 0) is 6.42 Å². The molecule has 0 saturated carbocycles. The molecule has 0 amide bonds. The fraction of sp³-hybridized carbons (Fsp3) is 0.231. The Balaban J connectivity index is 2.47. The maximum atomic E-state index is 11.1. The number of benzene rings is 1. The van der Waals surface area contributed by atoms with E-state index in [2.05, 4.69) is 4.98 Å². The highest BCUT2D eigenvalue weighted by molar-refractivity contribution is 7.17. The number of rotatable bonds is 4. The summed E-state index contributed by atoms with van der Waals surface area (Å²) < 4.78 is 0. The van der Waals surface area contributed by atoms with E-state index in [4.69, 9.17) is 5.11 Å². The summed E-state index contributed by atoms with van der Waals surface area (Å²) in [6.07, 6.45) is 1.41. The molecule has 0 unspecified atom stereocenters. The molecule has 0 spiro atoms. The van der Waals surface area contributed by atoms with Gasteiger partial charge < -0.3 is 15.3 Å². The molecule has 2 aromatic rings. The quantitative estimate of drug-likeness (QED) is 0.749. The van der Waals surface area contributed by atoms with Gasteiger partial charge in [0.1, 0.15) is 9.88 Å². The van der Waals surface area contributed by atoms with Crippen molar-refractivity contribution in [3.05, 3.63) is 28.8 Å². The fourth-order valence-corrected chi connectivity index (χ4v) is 2.65. The molecule has 2 rings (SSSR count). The number of thiazole rings is 1. The predicted octanol–water partition coefficient (Wildman–Crippen LogP) is 2.87. The van der Waals surface area contributed by atoms with Crippen LogP contribution >= 0.6 is 11.3 Å². The van der Waals surface area contributed by atoms with E-state index in [9.17, 15) is 15.0 Å². The second-order valence-corrected chi connectivity index (χ2v) is 5.05. The van der Waals surface area contributed by atoms with Crippen LogP contribution in [0.5, 0.6) is 11.5 Å². The third-order valence-electron chi connectivity index (χ3n) is 2.60. The van der Waals surface area contributed by atoms with Gasteiger partial charge in [0.15, 0.2) is 11.5 Å². The van der Waals surface area contributed by atoms with E-state index in [1.54, 1.807) is 6.07 Å². The number of carboxylic acids is 1. The van der Waals surface area contributed by atoms with Gasteiger partial charge in [0.05, 0.1) is 5.69 Å². The molecule has 0 bridgehead atoms. The van der Waals surface area contributed by atoms with Crippen LogP contribution in [0.4, 0.5) is 0 Å². The third-order valence-corrected chi connectivity index (χ3v) is 3.74. The zero-order chi connectivity index (χ0) is 14.0. The molecule has 0 aliphatic heterocycles. The van der Waals surface area contributed by atoms with Gasteiger partial charge >= 0.3 is 5.97 Å². The molecule has 0 radical (unpaired) electrons. The highest BCUT2D eigenvalue weighted by Gasteiger charge is 2.18. The summed E-state index contributed by atoms with van der Waals surface area (Å²) in [6, 6.07) is 4.32. The lowest BCUT2D eigenvalue weighted by Gasteiger charge is -1.99. The minimum atomic E-state index is -0.991. The lowest BCUT2D eigenvalue weighted by Crippen LogP contribution is -1.98. The summed E-state index contributed by atoms with van der Waals surface area (Å²) in [5.41, 5.74) is 1.15. The summed E-state index contributed by atoms with van der Waals surface area (Å²) in [7, 11) is 0. The molecule has 19 heavy (non-hydrogen) atoms. The molecule has 0 aliphatic carbocycles. The first kappa shape index (κ1) is 13.4. The largest absolute Gasteiger partial charge is 0.504 e. The molecule has 1 aromatic carbocycles. The first-order valence-electron chi connectivity index (χ1n) is 5.78. The van der Waals surface area contributed by atoms with Crippen molar-refractivity contribution in [2.45, 2.75) is 19.8 Å². The monoisotopic (exact) mass is 279 g/mol. The van der Waals surface area contributed by atoms with Crippen LogP contribution < -0.4 is 0 Å². The van der Waals surface area contributed by atoms with Crippen LogP contribution in [0.25, 0.3) is 10.6 Å². The van der Waals surface area contributed by atoms with Gasteiger partial charge in [-0.15, -0.1) is 11.3 Å². The molecule has 0 saturated heterocycles. The molecule has 0 atom stereocenters. The first-order chi connectivity index (χ1) is 9.02. The van der Waals surface area contributed by atoms with Gasteiger partial charge in [-0.05, 0) is 24.6 Å². The third kappa shape index (κ3) is 2.68. The van der Waals surface area contributed by atoms with E-state index in [1.165, 1.54) is 12.1 Å². The van der Waals surface area contributed by atoms with Crippen LogP contribution in [0.15, 0.2) is 18.2 Å². The van der Waals surface area contributed by atoms with E-state index in [0.717, 1.165) is 17.8 Å². The molecule has 0 fully saturated rings. The van der Waals surface area contributed by atoms with Crippen LogP contribution in [-0.4, -0.2) is 26.3 Å². The number of aromatic hydroxyl groups is 2. The number of carbonyl (C=O) groups is 1. The van der Waals surface area contributed by atoms with Crippen molar-refractivity contribution in [1.82, 2.24) is 4.98 Å². The van der Waals surface area contributed by atoms with Gasteiger partial charge in [-0.1, -0.05) is 13.3 Å². The first-order valence-corrected chi connectivity index (χ1v) is 6.60. The van der Waals surface area contributed by atoms with Crippen molar-refractivity contribution in [3.8, 4) is 22.1 Å². The van der Waals surface area contributed by atoms with E-state index >= 15 is 0 Å². The van der Waals surface area contributed by atoms with E-state index in [1.807, 2.05) is 6.92 Å². The number of hydrogen-bond donors (Lipinski definition) is 3. The summed E-state index contributed by atoms with van der Waals surface area (Å²) in [5, 5.41) is 28.4.